The molecular weight excluding hydrogens is 484 g/mol. The molecule has 2 aromatic carbocycles. The smallest absolute Gasteiger partial charge is 0.408 e. The van der Waals surface area contributed by atoms with Crippen LogP contribution in [0, 0.1) is 0 Å². The number of hydrogen-bond donors (Lipinski definition) is 2. The first-order valence-corrected chi connectivity index (χ1v) is 13.0. The van der Waals surface area contributed by atoms with Crippen LogP contribution in [-0.2, 0) is 14.3 Å². The Labute approximate surface area is 224 Å². The Morgan fingerprint density at radius 2 is 1.63 bits per heavy atom. The molecule has 1 saturated heterocycles. The van der Waals surface area contributed by atoms with E-state index in [4.69, 9.17) is 4.74 Å². The zero-order valence-electron chi connectivity index (χ0n) is 22.5. The molecule has 3 rings (SSSR count). The number of unbranched alkanes of at least 4 members (excludes halogenated alkanes) is 1. The average molecular weight is 523 g/mol. The van der Waals surface area contributed by atoms with E-state index in [-0.39, 0.29) is 17.7 Å². The van der Waals surface area contributed by atoms with E-state index in [0.717, 1.165) is 10.8 Å². The number of ether oxygens (including phenoxy) is 1. The lowest BCUT2D eigenvalue weighted by Crippen LogP contribution is -2.56. The van der Waals surface area contributed by atoms with Gasteiger partial charge in [0.2, 0.25) is 11.8 Å². The number of fused-ring (bicyclic) bond motifs is 1. The molecule has 2 aromatic rings. The van der Waals surface area contributed by atoms with Crippen molar-refractivity contribution in [3.63, 3.8) is 0 Å². The zero-order valence-corrected chi connectivity index (χ0v) is 22.5. The maximum Gasteiger partial charge on any atom is 0.408 e. The van der Waals surface area contributed by atoms with E-state index in [1.807, 2.05) is 42.5 Å². The van der Waals surface area contributed by atoms with E-state index in [1.165, 1.54) is 6.08 Å². The highest BCUT2D eigenvalue weighted by molar-refractivity contribution is 6.07. The van der Waals surface area contributed by atoms with Gasteiger partial charge in [0.15, 0.2) is 0 Å². The van der Waals surface area contributed by atoms with Gasteiger partial charge >= 0.3 is 6.09 Å². The van der Waals surface area contributed by atoms with E-state index >= 15 is 0 Å². The second-order valence-corrected chi connectivity index (χ2v) is 10.3. The molecule has 1 atom stereocenters. The molecule has 204 valence electrons. The van der Waals surface area contributed by atoms with Crippen LogP contribution in [0.15, 0.2) is 55.1 Å². The molecule has 1 aliphatic heterocycles. The summed E-state index contributed by atoms with van der Waals surface area (Å²) < 4.78 is 5.37. The van der Waals surface area contributed by atoms with E-state index in [2.05, 4.69) is 17.2 Å². The molecule has 0 aliphatic carbocycles. The Bertz CT molecular complexity index is 1160. The van der Waals surface area contributed by atoms with E-state index < -0.39 is 17.7 Å². The highest BCUT2D eigenvalue weighted by Crippen LogP contribution is 2.21. The van der Waals surface area contributed by atoms with Crippen LogP contribution >= 0.6 is 0 Å². The number of piperazine rings is 1. The molecule has 0 bridgehead atoms. The molecule has 2 N–H and O–H groups in total. The van der Waals surface area contributed by atoms with Crippen LogP contribution in [0.1, 0.15) is 50.4 Å². The minimum absolute atomic E-state index is 0.0566. The lowest BCUT2D eigenvalue weighted by Gasteiger charge is -2.37. The molecule has 9 heteroatoms. The third kappa shape index (κ3) is 8.06. The van der Waals surface area contributed by atoms with Crippen LogP contribution in [0.4, 0.5) is 4.79 Å². The minimum Gasteiger partial charge on any atom is -0.444 e. The third-order valence-corrected chi connectivity index (χ3v) is 6.29. The SMILES string of the molecule is C=CC(=O)NCCCC[C@H](NC(=O)OC(C)(C)C)C(=O)N1CCN(C(=O)c2cccc3ccccc23)CC1. The Balaban J connectivity index is 1.60. The number of carbonyl (C=O) groups is 4. The number of alkyl carbamates (subject to hydrolysis) is 1. The van der Waals surface area contributed by atoms with E-state index in [0.29, 0.717) is 57.5 Å². The number of nitrogens with zero attached hydrogens (tertiary/aromatic N) is 2. The number of nitrogens with one attached hydrogen (secondary N) is 2. The van der Waals surface area contributed by atoms with Crippen molar-refractivity contribution in [2.75, 3.05) is 32.7 Å². The molecule has 0 saturated carbocycles. The van der Waals surface area contributed by atoms with Crippen LogP contribution in [0.3, 0.4) is 0 Å². The second kappa shape index (κ2) is 13.1. The molecule has 4 amide bonds. The van der Waals surface area contributed by atoms with Gasteiger partial charge in [-0.05, 0) is 62.9 Å². The monoisotopic (exact) mass is 522 g/mol. The van der Waals surface area contributed by atoms with Gasteiger partial charge in [-0.2, -0.15) is 0 Å². The normalized spacial score (nSPS) is 14.5. The fourth-order valence-corrected chi connectivity index (χ4v) is 4.40. The van der Waals surface area contributed by atoms with E-state index in [1.54, 1.807) is 30.6 Å². The van der Waals surface area contributed by atoms with Gasteiger partial charge in [0.25, 0.3) is 5.91 Å². The molecule has 0 radical (unpaired) electrons. The fourth-order valence-electron chi connectivity index (χ4n) is 4.40. The summed E-state index contributed by atoms with van der Waals surface area (Å²) in [4.78, 5) is 53.9. The standard InChI is InChI=1S/C29H38N4O5/c1-5-25(34)30-16-9-8-15-24(31-28(37)38-29(2,3)4)27(36)33-19-17-32(18-20-33)26(35)23-14-10-12-21-11-6-7-13-22(21)23/h5-7,10-14,24H,1,8-9,15-20H2,2-4H3,(H,30,34)(H,31,37)/t24-/m0/s1. The van der Waals surface area contributed by atoms with E-state index in [9.17, 15) is 19.2 Å². The average Bonchev–Trinajstić information content (AvgIpc) is 2.90. The quantitative estimate of drug-likeness (QED) is 0.387. The number of amides is 4. The number of benzene rings is 2. The Kier molecular flexibility index (Phi) is 9.87. The maximum absolute atomic E-state index is 13.4. The first-order chi connectivity index (χ1) is 18.1. The number of carbonyl (C=O) groups excluding carboxylic acids is 4. The molecule has 1 aliphatic rings. The molecule has 0 aromatic heterocycles. The summed E-state index contributed by atoms with van der Waals surface area (Å²) in [5.74, 6) is -0.512. The van der Waals surface area contributed by atoms with Crippen molar-refractivity contribution in [1.29, 1.82) is 0 Å². The van der Waals surface area contributed by atoms with Crippen molar-refractivity contribution in [2.45, 2.75) is 51.7 Å². The molecule has 0 spiro atoms. The molecular formula is C29H38N4O5. The highest BCUT2D eigenvalue weighted by atomic mass is 16.6. The van der Waals surface area contributed by atoms with Crippen LogP contribution in [0.25, 0.3) is 10.8 Å². The molecule has 0 unspecified atom stereocenters. The predicted octanol–water partition coefficient (Wildman–Crippen LogP) is 3.49. The van der Waals surface area contributed by atoms with Gasteiger partial charge in [-0.25, -0.2) is 4.79 Å². The van der Waals surface area contributed by atoms with Crippen molar-refractivity contribution in [3.05, 3.63) is 60.7 Å². The molecule has 9 nitrogen and oxygen atoms in total. The lowest BCUT2D eigenvalue weighted by molar-refractivity contribution is -0.135. The van der Waals surface area contributed by atoms with Crippen LogP contribution in [0.2, 0.25) is 0 Å². The third-order valence-electron chi connectivity index (χ3n) is 6.29. The molecule has 1 heterocycles. The maximum atomic E-state index is 13.4. The second-order valence-electron chi connectivity index (χ2n) is 10.3. The van der Waals surface area contributed by atoms with Gasteiger partial charge in [-0.1, -0.05) is 43.0 Å². The van der Waals surface area contributed by atoms with Crippen molar-refractivity contribution in [2.24, 2.45) is 0 Å². The van der Waals surface area contributed by atoms with Gasteiger partial charge in [0.05, 0.1) is 0 Å². The lowest BCUT2D eigenvalue weighted by atomic mass is 10.0. The first-order valence-electron chi connectivity index (χ1n) is 13.0. The zero-order chi connectivity index (χ0) is 27.7. The summed E-state index contributed by atoms with van der Waals surface area (Å²) in [7, 11) is 0. The van der Waals surface area contributed by atoms with Crippen molar-refractivity contribution in [1.82, 2.24) is 20.4 Å². The number of rotatable bonds is 9. The van der Waals surface area contributed by atoms with Gasteiger partial charge < -0.3 is 25.2 Å². The summed E-state index contributed by atoms with van der Waals surface area (Å²) in [6.45, 7) is 10.7. The van der Waals surface area contributed by atoms with Crippen LogP contribution in [-0.4, -0.2) is 78.0 Å². The summed E-state index contributed by atoms with van der Waals surface area (Å²) in [5.41, 5.74) is -0.0452. The van der Waals surface area contributed by atoms with Crippen molar-refractivity contribution >= 4 is 34.6 Å². The Morgan fingerprint density at radius 3 is 2.32 bits per heavy atom. The molecule has 1 fully saturated rings. The summed E-state index contributed by atoms with van der Waals surface area (Å²) in [5, 5.41) is 7.35. The summed E-state index contributed by atoms with van der Waals surface area (Å²) in [6, 6.07) is 12.7. The van der Waals surface area contributed by atoms with Gasteiger partial charge in [-0.3, -0.25) is 14.4 Å². The van der Waals surface area contributed by atoms with Crippen LogP contribution < -0.4 is 10.6 Å². The minimum atomic E-state index is -0.764. The fraction of sp³-hybridized carbons (Fsp3) is 0.448. The Hall–Kier alpha value is -3.88. The highest BCUT2D eigenvalue weighted by Gasteiger charge is 2.31. The number of hydrogen-bond acceptors (Lipinski definition) is 5. The van der Waals surface area contributed by atoms with Crippen molar-refractivity contribution in [3.8, 4) is 0 Å². The first kappa shape index (κ1) is 28.7. The van der Waals surface area contributed by atoms with Crippen LogP contribution in [0.5, 0.6) is 0 Å². The van der Waals surface area contributed by atoms with Gasteiger partial charge in [0, 0.05) is 38.3 Å². The topological polar surface area (TPSA) is 108 Å². The summed E-state index contributed by atoms with van der Waals surface area (Å²) >= 11 is 0. The largest absolute Gasteiger partial charge is 0.444 e. The summed E-state index contributed by atoms with van der Waals surface area (Å²) in [6.07, 6.45) is 2.22. The molecule has 38 heavy (non-hydrogen) atoms. The van der Waals surface area contributed by atoms with Crippen molar-refractivity contribution < 1.29 is 23.9 Å². The predicted molar refractivity (Wildman–Crippen MR) is 147 cm³/mol. The van der Waals surface area contributed by atoms with Gasteiger partial charge in [0.1, 0.15) is 11.6 Å². The Morgan fingerprint density at radius 1 is 0.974 bits per heavy atom. The van der Waals surface area contributed by atoms with Gasteiger partial charge in [-0.15, -0.1) is 0 Å².